The Balaban J connectivity index is 1.57. The van der Waals surface area contributed by atoms with Gasteiger partial charge in [0.1, 0.15) is 23.4 Å². The fourth-order valence-corrected chi connectivity index (χ4v) is 4.95. The number of esters is 1. The maximum Gasteiger partial charge on any atom is 0.341 e. The highest BCUT2D eigenvalue weighted by Gasteiger charge is 2.24. The van der Waals surface area contributed by atoms with E-state index in [2.05, 4.69) is 20.6 Å². The summed E-state index contributed by atoms with van der Waals surface area (Å²) in [6.45, 7) is 6.06. The van der Waals surface area contributed by atoms with Crippen molar-refractivity contribution in [1.82, 2.24) is 20.6 Å². The van der Waals surface area contributed by atoms with Gasteiger partial charge in [-0.05, 0) is 73.7 Å². The fraction of sp³-hybridized carbons (Fsp3) is 0.273. The number of aromatic nitrogens is 2. The molecule has 0 saturated carbocycles. The van der Waals surface area contributed by atoms with Crippen molar-refractivity contribution in [1.29, 1.82) is 0 Å². The number of ether oxygens (including phenoxy) is 2. The van der Waals surface area contributed by atoms with Gasteiger partial charge >= 0.3 is 5.97 Å². The average molecular weight is 569 g/mol. The lowest BCUT2D eigenvalue weighted by Crippen LogP contribution is -2.46. The molecule has 9 nitrogen and oxygen atoms in total. The van der Waals surface area contributed by atoms with Crippen molar-refractivity contribution in [2.75, 3.05) is 14.2 Å². The summed E-state index contributed by atoms with van der Waals surface area (Å²) in [4.78, 5) is 45.3. The van der Waals surface area contributed by atoms with Crippen molar-refractivity contribution < 1.29 is 23.9 Å². The van der Waals surface area contributed by atoms with Gasteiger partial charge in [0.05, 0.1) is 32.0 Å². The quantitative estimate of drug-likeness (QED) is 0.164. The molecule has 4 rings (SSSR count). The van der Waals surface area contributed by atoms with E-state index in [0.717, 1.165) is 39.8 Å². The molecule has 42 heavy (non-hydrogen) atoms. The van der Waals surface area contributed by atoms with Crippen LogP contribution in [-0.2, 0) is 22.5 Å². The molecular weight excluding hydrogens is 532 g/mol. The van der Waals surface area contributed by atoms with Gasteiger partial charge in [0, 0.05) is 23.9 Å². The highest BCUT2D eigenvalue weighted by molar-refractivity contribution is 5.92. The second-order valence-electron chi connectivity index (χ2n) is 10.2. The van der Waals surface area contributed by atoms with E-state index in [1.807, 2.05) is 75.5 Å². The lowest BCUT2D eigenvalue weighted by atomic mass is 9.93. The SMILES string of the molecule is COC(=O)c1cc(CNC(Cc2c(C)cc(C=O)cc2C)C(=O)NC(C)c2nc(-c3ccccc3)c[nH]2)ccc1OC. The number of methoxy groups -OCH3 is 2. The van der Waals surface area contributed by atoms with Crippen molar-refractivity contribution in [2.45, 2.75) is 45.8 Å². The first-order valence-corrected chi connectivity index (χ1v) is 13.7. The van der Waals surface area contributed by atoms with E-state index in [9.17, 15) is 14.4 Å². The van der Waals surface area contributed by atoms with Gasteiger partial charge in [-0.1, -0.05) is 36.4 Å². The molecule has 0 radical (unpaired) electrons. The number of benzene rings is 3. The van der Waals surface area contributed by atoms with Gasteiger partial charge in [-0.2, -0.15) is 0 Å². The molecule has 4 aromatic rings. The van der Waals surface area contributed by atoms with Crippen LogP contribution in [0.15, 0.2) is 66.9 Å². The maximum absolute atomic E-state index is 13.7. The van der Waals surface area contributed by atoms with Crippen LogP contribution in [0.4, 0.5) is 0 Å². The standard InChI is InChI=1S/C33H36N4O5/c1-20-13-24(19-38)14-21(2)26(20)16-28(34-17-23-11-12-30(41-4)27(15-23)33(40)42-5)32(39)36-22(3)31-35-18-29(37-31)25-9-7-6-8-10-25/h6-15,18-19,22,28,34H,16-17H2,1-5H3,(H,35,37)(H,36,39). The highest BCUT2D eigenvalue weighted by atomic mass is 16.5. The third kappa shape index (κ3) is 7.11. The van der Waals surface area contributed by atoms with Crippen molar-refractivity contribution in [2.24, 2.45) is 0 Å². The molecule has 0 spiro atoms. The number of nitrogens with zero attached hydrogens (tertiary/aromatic N) is 1. The summed E-state index contributed by atoms with van der Waals surface area (Å²) < 4.78 is 10.2. The highest BCUT2D eigenvalue weighted by Crippen LogP contribution is 2.23. The Kier molecular flexibility index (Phi) is 9.88. The van der Waals surface area contributed by atoms with Gasteiger partial charge in [-0.15, -0.1) is 0 Å². The number of imidazole rings is 1. The number of carbonyl (C=O) groups excluding carboxylic acids is 3. The molecular formula is C33H36N4O5. The Morgan fingerprint density at radius 3 is 2.38 bits per heavy atom. The Morgan fingerprint density at radius 2 is 1.74 bits per heavy atom. The second-order valence-corrected chi connectivity index (χ2v) is 10.2. The van der Waals surface area contributed by atoms with Crippen LogP contribution in [0, 0.1) is 13.8 Å². The van der Waals surface area contributed by atoms with Gasteiger partial charge < -0.3 is 25.1 Å². The maximum atomic E-state index is 13.7. The number of nitrogens with one attached hydrogen (secondary N) is 3. The largest absolute Gasteiger partial charge is 0.496 e. The van der Waals surface area contributed by atoms with E-state index in [1.165, 1.54) is 14.2 Å². The molecule has 0 fully saturated rings. The minimum Gasteiger partial charge on any atom is -0.496 e. The number of aldehydes is 1. The zero-order chi connectivity index (χ0) is 30.2. The van der Waals surface area contributed by atoms with Gasteiger partial charge in [0.2, 0.25) is 5.91 Å². The molecule has 0 bridgehead atoms. The third-order valence-electron chi connectivity index (χ3n) is 7.24. The van der Waals surface area contributed by atoms with Crippen LogP contribution in [-0.4, -0.2) is 48.4 Å². The fourth-order valence-electron chi connectivity index (χ4n) is 4.95. The molecule has 3 aromatic carbocycles. The molecule has 1 heterocycles. The van der Waals surface area contributed by atoms with E-state index >= 15 is 0 Å². The molecule has 3 N–H and O–H groups in total. The molecule has 0 aliphatic carbocycles. The van der Waals surface area contributed by atoms with Crippen molar-refractivity contribution in [3.8, 4) is 17.0 Å². The van der Waals surface area contributed by atoms with E-state index < -0.39 is 12.0 Å². The number of aryl methyl sites for hydroxylation is 2. The van der Waals surface area contributed by atoms with Crippen LogP contribution in [0.3, 0.4) is 0 Å². The summed E-state index contributed by atoms with van der Waals surface area (Å²) in [6, 6.07) is 17.7. The minimum absolute atomic E-state index is 0.208. The number of H-pyrrole nitrogens is 1. The average Bonchev–Trinajstić information content (AvgIpc) is 3.51. The topological polar surface area (TPSA) is 122 Å². The van der Waals surface area contributed by atoms with Crippen LogP contribution < -0.4 is 15.4 Å². The number of amides is 1. The van der Waals surface area contributed by atoms with Gasteiger partial charge in [0.25, 0.3) is 0 Å². The normalized spacial score (nSPS) is 12.3. The molecule has 0 aliphatic rings. The van der Waals surface area contributed by atoms with E-state index in [-0.39, 0.29) is 11.9 Å². The zero-order valence-corrected chi connectivity index (χ0v) is 24.5. The first-order valence-electron chi connectivity index (χ1n) is 13.7. The molecule has 1 aromatic heterocycles. The number of aromatic amines is 1. The summed E-state index contributed by atoms with van der Waals surface area (Å²) in [5.41, 5.74) is 6.30. The number of hydrogen-bond donors (Lipinski definition) is 3. The second kappa shape index (κ2) is 13.7. The van der Waals surface area contributed by atoms with Crippen LogP contribution in [0.1, 0.15) is 61.8 Å². The Bertz CT molecular complexity index is 1540. The lowest BCUT2D eigenvalue weighted by Gasteiger charge is -2.23. The van der Waals surface area contributed by atoms with Gasteiger partial charge in [-0.3, -0.25) is 9.59 Å². The smallest absolute Gasteiger partial charge is 0.341 e. The predicted octanol–water partition coefficient (Wildman–Crippen LogP) is 4.88. The summed E-state index contributed by atoms with van der Waals surface area (Å²) in [5.74, 6) is 0.330. The molecule has 1 amide bonds. The third-order valence-corrected chi connectivity index (χ3v) is 7.24. The van der Waals surface area contributed by atoms with Crippen LogP contribution in [0.2, 0.25) is 0 Å². The Morgan fingerprint density at radius 1 is 1.02 bits per heavy atom. The summed E-state index contributed by atoms with van der Waals surface area (Å²) in [7, 11) is 2.81. The van der Waals surface area contributed by atoms with Crippen molar-refractivity contribution in [3.05, 3.63) is 106 Å². The van der Waals surface area contributed by atoms with Gasteiger partial charge in [0.15, 0.2) is 0 Å². The molecule has 218 valence electrons. The molecule has 2 unspecified atom stereocenters. The molecule has 0 aliphatic heterocycles. The number of hydrogen-bond acceptors (Lipinski definition) is 7. The Hall–Kier alpha value is -4.76. The van der Waals surface area contributed by atoms with Gasteiger partial charge in [-0.25, -0.2) is 9.78 Å². The first kappa shape index (κ1) is 30.2. The first-order chi connectivity index (χ1) is 20.2. The summed E-state index contributed by atoms with van der Waals surface area (Å²) in [5, 5.41) is 6.46. The minimum atomic E-state index is -0.626. The number of rotatable bonds is 12. The number of carbonyl (C=O) groups is 3. The van der Waals surface area contributed by atoms with Crippen LogP contribution in [0.5, 0.6) is 5.75 Å². The molecule has 9 heteroatoms. The van der Waals surface area contributed by atoms with Crippen molar-refractivity contribution >= 4 is 18.2 Å². The zero-order valence-electron chi connectivity index (χ0n) is 24.5. The van der Waals surface area contributed by atoms with E-state index in [4.69, 9.17) is 9.47 Å². The van der Waals surface area contributed by atoms with Crippen molar-refractivity contribution in [3.63, 3.8) is 0 Å². The monoisotopic (exact) mass is 568 g/mol. The summed E-state index contributed by atoms with van der Waals surface area (Å²) in [6.07, 6.45) is 3.04. The summed E-state index contributed by atoms with van der Waals surface area (Å²) >= 11 is 0. The predicted molar refractivity (Wildman–Crippen MR) is 161 cm³/mol. The van der Waals surface area contributed by atoms with E-state index in [0.29, 0.717) is 35.7 Å². The molecule has 0 saturated heterocycles. The lowest BCUT2D eigenvalue weighted by molar-refractivity contribution is -0.123. The van der Waals surface area contributed by atoms with E-state index in [1.54, 1.807) is 12.1 Å². The Labute approximate surface area is 245 Å². The van der Waals surface area contributed by atoms with Crippen LogP contribution >= 0.6 is 0 Å². The van der Waals surface area contributed by atoms with Crippen LogP contribution in [0.25, 0.3) is 11.3 Å². The molecule has 2 atom stereocenters.